The zero-order valence-corrected chi connectivity index (χ0v) is 12.3. The Balaban J connectivity index is 2.03. The maximum atomic E-state index is 12.0. The van der Waals surface area contributed by atoms with Crippen molar-refractivity contribution in [1.29, 1.82) is 0 Å². The normalized spacial score (nSPS) is 10.3. The van der Waals surface area contributed by atoms with E-state index < -0.39 is 5.91 Å². The second-order valence-electron chi connectivity index (χ2n) is 4.10. The second kappa shape index (κ2) is 6.33. The van der Waals surface area contributed by atoms with Crippen LogP contribution in [0.4, 0.5) is 11.1 Å². The number of aromatic nitrogens is 5. The lowest BCUT2D eigenvalue weighted by molar-refractivity contribution is 0.102. The number of carbonyl (C=O) groups excluding carboxylic acids is 1. The molecule has 2 N–H and O–H groups in total. The van der Waals surface area contributed by atoms with Crippen molar-refractivity contribution in [1.82, 2.24) is 25.4 Å². The predicted molar refractivity (Wildman–Crippen MR) is 75.9 cm³/mol. The molecule has 0 bridgehead atoms. The van der Waals surface area contributed by atoms with Gasteiger partial charge in [-0.2, -0.15) is 5.10 Å². The molecule has 2 aromatic heterocycles. The van der Waals surface area contributed by atoms with E-state index in [9.17, 15) is 4.79 Å². The number of carbonyl (C=O) groups is 1. The number of aryl methyl sites for hydroxylation is 2. The summed E-state index contributed by atoms with van der Waals surface area (Å²) in [5.74, 6) is -0.228. The fourth-order valence-corrected chi connectivity index (χ4v) is 1.95. The highest BCUT2D eigenvalue weighted by atomic mass is 32.1. The van der Waals surface area contributed by atoms with E-state index >= 15 is 0 Å². The first-order chi connectivity index (χ1) is 9.60. The summed E-state index contributed by atoms with van der Waals surface area (Å²) in [4.78, 5) is 16.1. The Labute approximate surface area is 120 Å². The highest BCUT2D eigenvalue weighted by molar-refractivity contribution is 7.17. The Kier molecular flexibility index (Phi) is 4.51. The van der Waals surface area contributed by atoms with Crippen LogP contribution in [-0.4, -0.2) is 37.8 Å². The van der Waals surface area contributed by atoms with Crippen LogP contribution in [0.5, 0.6) is 0 Å². The van der Waals surface area contributed by atoms with E-state index in [2.05, 4.69) is 36.0 Å². The molecule has 0 unspecified atom stereocenters. The van der Waals surface area contributed by atoms with Crippen LogP contribution in [0, 0.1) is 13.8 Å². The van der Waals surface area contributed by atoms with Gasteiger partial charge in [0.1, 0.15) is 0 Å². The van der Waals surface area contributed by atoms with Gasteiger partial charge in [0.05, 0.1) is 11.4 Å². The molecule has 0 saturated carbocycles. The second-order valence-corrected chi connectivity index (χ2v) is 5.08. The molecule has 0 saturated heterocycles. The Morgan fingerprint density at radius 2 is 1.95 bits per heavy atom. The van der Waals surface area contributed by atoms with Gasteiger partial charge in [0.25, 0.3) is 5.91 Å². The molecule has 20 heavy (non-hydrogen) atoms. The highest BCUT2D eigenvalue weighted by Gasteiger charge is 2.14. The summed E-state index contributed by atoms with van der Waals surface area (Å²) in [7, 11) is 0. The molecular formula is C11H15N7OS. The minimum absolute atomic E-state index is 0.163. The van der Waals surface area contributed by atoms with Gasteiger partial charge < -0.3 is 5.32 Å². The average Bonchev–Trinajstić information content (AvgIpc) is 2.89. The van der Waals surface area contributed by atoms with Crippen molar-refractivity contribution in [2.24, 2.45) is 0 Å². The number of hydrogen-bond donors (Lipinski definition) is 2. The number of nitrogens with zero attached hydrogens (tertiary/aromatic N) is 5. The molecule has 0 spiro atoms. The van der Waals surface area contributed by atoms with Crippen LogP contribution in [-0.2, 0) is 0 Å². The van der Waals surface area contributed by atoms with Gasteiger partial charge >= 0.3 is 0 Å². The van der Waals surface area contributed by atoms with E-state index in [1.165, 1.54) is 11.3 Å². The lowest BCUT2D eigenvalue weighted by atomic mass is 10.4. The summed E-state index contributed by atoms with van der Waals surface area (Å²) < 4.78 is 0. The van der Waals surface area contributed by atoms with Crippen LogP contribution in [0.25, 0.3) is 0 Å². The van der Waals surface area contributed by atoms with E-state index in [1.807, 2.05) is 6.92 Å². The largest absolute Gasteiger partial charge is 0.360 e. The fraction of sp³-hybridized carbons (Fsp3) is 0.455. The molecule has 0 fully saturated rings. The monoisotopic (exact) mass is 293 g/mol. The standard InChI is InChI=1S/C11H15N7OS/c1-4-5-12-11-18-16-9(20-11)8(19)14-10-13-6(2)7(3)15-17-10/h4-5H2,1-3H3,(H,12,18)(H,13,14,17,19). The molecule has 2 heterocycles. The van der Waals surface area contributed by atoms with Crippen LogP contribution < -0.4 is 10.6 Å². The number of hydrogen-bond acceptors (Lipinski definition) is 8. The Morgan fingerprint density at radius 3 is 2.65 bits per heavy atom. The zero-order chi connectivity index (χ0) is 14.5. The van der Waals surface area contributed by atoms with Crippen molar-refractivity contribution in [3.05, 3.63) is 16.4 Å². The highest BCUT2D eigenvalue weighted by Crippen LogP contribution is 2.16. The Morgan fingerprint density at radius 1 is 1.15 bits per heavy atom. The van der Waals surface area contributed by atoms with Crippen molar-refractivity contribution in [3.63, 3.8) is 0 Å². The fourth-order valence-electron chi connectivity index (χ4n) is 1.28. The summed E-state index contributed by atoms with van der Waals surface area (Å²) in [6, 6.07) is 0. The first-order valence-electron chi connectivity index (χ1n) is 6.16. The first-order valence-corrected chi connectivity index (χ1v) is 6.98. The summed E-state index contributed by atoms with van der Waals surface area (Å²) in [5, 5.41) is 21.9. The van der Waals surface area contributed by atoms with Gasteiger partial charge in [0.15, 0.2) is 0 Å². The van der Waals surface area contributed by atoms with Crippen LogP contribution in [0.3, 0.4) is 0 Å². The number of nitrogens with one attached hydrogen (secondary N) is 2. The third-order valence-corrected chi connectivity index (χ3v) is 3.34. The molecule has 0 aliphatic carbocycles. The van der Waals surface area contributed by atoms with Gasteiger partial charge in [0.2, 0.25) is 16.1 Å². The van der Waals surface area contributed by atoms with E-state index in [-0.39, 0.29) is 11.0 Å². The van der Waals surface area contributed by atoms with E-state index in [0.29, 0.717) is 5.13 Å². The van der Waals surface area contributed by atoms with Gasteiger partial charge in [-0.05, 0) is 20.3 Å². The van der Waals surface area contributed by atoms with Crippen molar-refractivity contribution in [2.45, 2.75) is 27.2 Å². The first kappa shape index (κ1) is 14.3. The van der Waals surface area contributed by atoms with E-state index in [4.69, 9.17) is 0 Å². The summed E-state index contributed by atoms with van der Waals surface area (Å²) in [6.07, 6.45) is 0.975. The van der Waals surface area contributed by atoms with E-state index in [0.717, 1.165) is 24.4 Å². The van der Waals surface area contributed by atoms with Gasteiger partial charge in [0, 0.05) is 6.54 Å². The lowest BCUT2D eigenvalue weighted by Crippen LogP contribution is -2.15. The quantitative estimate of drug-likeness (QED) is 0.858. The molecule has 2 rings (SSSR count). The smallest absolute Gasteiger partial charge is 0.289 e. The van der Waals surface area contributed by atoms with Gasteiger partial charge in [-0.15, -0.1) is 15.3 Å². The minimum Gasteiger partial charge on any atom is -0.360 e. The third-order valence-electron chi connectivity index (χ3n) is 2.46. The summed E-state index contributed by atoms with van der Waals surface area (Å²) in [5.41, 5.74) is 1.45. The molecule has 0 atom stereocenters. The van der Waals surface area contributed by atoms with Gasteiger partial charge in [-0.3, -0.25) is 10.1 Å². The molecule has 0 aliphatic rings. The zero-order valence-electron chi connectivity index (χ0n) is 11.5. The molecule has 9 heteroatoms. The molecule has 106 valence electrons. The Bertz CT molecular complexity index is 613. The van der Waals surface area contributed by atoms with Gasteiger partial charge in [-0.25, -0.2) is 4.98 Å². The van der Waals surface area contributed by atoms with Crippen molar-refractivity contribution >= 4 is 28.3 Å². The van der Waals surface area contributed by atoms with Gasteiger partial charge in [-0.1, -0.05) is 18.3 Å². The predicted octanol–water partition coefficient (Wildman–Crippen LogP) is 1.41. The van der Waals surface area contributed by atoms with Crippen molar-refractivity contribution in [2.75, 3.05) is 17.2 Å². The molecule has 0 radical (unpaired) electrons. The maximum absolute atomic E-state index is 12.0. The van der Waals surface area contributed by atoms with Crippen LogP contribution >= 0.6 is 11.3 Å². The lowest BCUT2D eigenvalue weighted by Gasteiger charge is -2.02. The SMILES string of the molecule is CCCNc1nnc(C(=O)Nc2nnc(C)c(C)n2)s1. The third kappa shape index (κ3) is 3.44. The number of rotatable bonds is 5. The number of anilines is 2. The molecular weight excluding hydrogens is 278 g/mol. The minimum atomic E-state index is -0.392. The van der Waals surface area contributed by atoms with Crippen LogP contribution in [0.1, 0.15) is 34.5 Å². The molecule has 1 amide bonds. The van der Waals surface area contributed by atoms with Crippen molar-refractivity contribution in [3.8, 4) is 0 Å². The molecule has 0 aliphatic heterocycles. The molecule has 2 aromatic rings. The topological polar surface area (TPSA) is 106 Å². The van der Waals surface area contributed by atoms with E-state index in [1.54, 1.807) is 13.8 Å². The average molecular weight is 293 g/mol. The number of amides is 1. The van der Waals surface area contributed by atoms with Crippen LogP contribution in [0.15, 0.2) is 0 Å². The van der Waals surface area contributed by atoms with Crippen molar-refractivity contribution < 1.29 is 4.79 Å². The molecule has 8 nitrogen and oxygen atoms in total. The summed E-state index contributed by atoms with van der Waals surface area (Å²) >= 11 is 1.19. The van der Waals surface area contributed by atoms with Crippen LogP contribution in [0.2, 0.25) is 0 Å². The summed E-state index contributed by atoms with van der Waals surface area (Å²) in [6.45, 7) is 6.45. The molecule has 0 aromatic carbocycles. The maximum Gasteiger partial charge on any atom is 0.289 e. The Hall–Kier alpha value is -2.16.